The first-order valence-electron chi connectivity index (χ1n) is 14.5. The average Bonchev–Trinajstić information content (AvgIpc) is 3.02. The molecule has 7 heteroatoms. The molecule has 0 N–H and O–H groups in total. The minimum atomic E-state index is -0.295. The van der Waals surface area contributed by atoms with Crippen LogP contribution in [0.15, 0.2) is 105 Å². The van der Waals surface area contributed by atoms with Gasteiger partial charge >= 0.3 is 5.97 Å². The van der Waals surface area contributed by atoms with E-state index in [1.54, 1.807) is 38.1 Å². The smallest absolute Gasteiger partial charge is 0.313 e. The summed E-state index contributed by atoms with van der Waals surface area (Å²) in [6.07, 6.45) is 2.17. The van der Waals surface area contributed by atoms with Crippen molar-refractivity contribution in [3.05, 3.63) is 107 Å². The van der Waals surface area contributed by atoms with E-state index in [4.69, 9.17) is 9.47 Å². The van der Waals surface area contributed by atoms with Crippen molar-refractivity contribution in [2.45, 2.75) is 60.1 Å². The molecule has 0 bridgehead atoms. The Hall–Kier alpha value is -3.81. The summed E-state index contributed by atoms with van der Waals surface area (Å²) >= 11 is 2.87. The monoisotopic (exact) mass is 610 g/mol. The van der Waals surface area contributed by atoms with Crippen LogP contribution >= 0.6 is 23.5 Å². The molecule has 220 valence electrons. The van der Waals surface area contributed by atoms with Crippen molar-refractivity contribution < 1.29 is 23.9 Å². The highest BCUT2D eigenvalue weighted by Gasteiger charge is 2.33. The van der Waals surface area contributed by atoms with Crippen molar-refractivity contribution in [3.63, 3.8) is 0 Å². The zero-order valence-corrected chi connectivity index (χ0v) is 26.3. The number of esters is 1. The van der Waals surface area contributed by atoms with Crippen LogP contribution in [0.3, 0.4) is 0 Å². The van der Waals surface area contributed by atoms with Gasteiger partial charge in [0.15, 0.2) is 11.6 Å². The van der Waals surface area contributed by atoms with E-state index >= 15 is 0 Å². The number of benzene rings is 4. The third-order valence-corrected chi connectivity index (χ3v) is 9.57. The lowest BCUT2D eigenvalue weighted by molar-refractivity contribution is -0.137. The predicted molar refractivity (Wildman–Crippen MR) is 171 cm³/mol. The van der Waals surface area contributed by atoms with Crippen LogP contribution in [0.1, 0.15) is 72.4 Å². The number of rotatable bonds is 11. The molecule has 0 amide bonds. The fourth-order valence-electron chi connectivity index (χ4n) is 4.75. The van der Waals surface area contributed by atoms with Crippen LogP contribution in [0.5, 0.6) is 11.5 Å². The molecule has 1 aliphatic rings. The number of fused-ring (bicyclic) bond motifs is 2. The maximum atomic E-state index is 13.9. The maximum absolute atomic E-state index is 13.9. The number of carbonyl (C=O) groups is 3. The summed E-state index contributed by atoms with van der Waals surface area (Å²) in [7, 11) is 0. The van der Waals surface area contributed by atoms with E-state index in [0.717, 1.165) is 33.3 Å². The minimum Gasteiger partial charge on any atom is -0.493 e. The lowest BCUT2D eigenvalue weighted by Crippen LogP contribution is -2.22. The second-order valence-corrected chi connectivity index (χ2v) is 13.0. The van der Waals surface area contributed by atoms with E-state index in [0.29, 0.717) is 45.4 Å². The highest BCUT2D eigenvalue weighted by Crippen LogP contribution is 2.41. The molecule has 4 aromatic rings. The van der Waals surface area contributed by atoms with Gasteiger partial charge in [0, 0.05) is 41.8 Å². The Morgan fingerprint density at radius 2 is 1.14 bits per heavy atom. The number of ketones is 2. The summed E-state index contributed by atoms with van der Waals surface area (Å²) in [5.74, 6) is 0.988. The van der Waals surface area contributed by atoms with Crippen molar-refractivity contribution in [2.75, 3.05) is 6.61 Å². The zero-order chi connectivity index (χ0) is 30.5. The summed E-state index contributed by atoms with van der Waals surface area (Å²) < 4.78 is 11.3. The van der Waals surface area contributed by atoms with Crippen molar-refractivity contribution in [3.8, 4) is 11.5 Å². The Morgan fingerprint density at radius 1 is 0.674 bits per heavy atom. The SMILES string of the molecule is CCC(CC)COc1ccc(Sc2cccc3c2C(=O)c2cccc(Sc4ccc(OC(=O)C(C)C)cc4)c2C3=O)cc1. The van der Waals surface area contributed by atoms with Gasteiger partial charge in [0.05, 0.1) is 12.5 Å². The molecule has 43 heavy (non-hydrogen) atoms. The van der Waals surface area contributed by atoms with Crippen LogP contribution < -0.4 is 9.47 Å². The first-order chi connectivity index (χ1) is 20.8. The Bertz CT molecular complexity index is 1640. The molecule has 0 aliphatic heterocycles. The van der Waals surface area contributed by atoms with Crippen LogP contribution in [0.4, 0.5) is 0 Å². The molecule has 5 nitrogen and oxygen atoms in total. The van der Waals surface area contributed by atoms with Crippen molar-refractivity contribution in [1.82, 2.24) is 0 Å². The number of hydrogen-bond acceptors (Lipinski definition) is 7. The molecular formula is C36H34O5S2. The first kappa shape index (κ1) is 30.6. The Balaban J connectivity index is 1.36. The molecule has 1 aliphatic carbocycles. The molecule has 0 fully saturated rings. The number of hydrogen-bond donors (Lipinski definition) is 0. The summed E-state index contributed by atoms with van der Waals surface area (Å²) in [5, 5.41) is 0. The van der Waals surface area contributed by atoms with Gasteiger partial charge in [0.25, 0.3) is 0 Å². The van der Waals surface area contributed by atoms with Crippen LogP contribution in [0, 0.1) is 11.8 Å². The molecule has 5 rings (SSSR count). The molecule has 0 saturated heterocycles. The van der Waals surface area contributed by atoms with E-state index in [9.17, 15) is 14.4 Å². The van der Waals surface area contributed by atoms with Gasteiger partial charge in [-0.1, -0.05) is 88.3 Å². The molecule has 0 unspecified atom stereocenters. The van der Waals surface area contributed by atoms with Gasteiger partial charge in [-0.25, -0.2) is 0 Å². The molecule has 0 saturated carbocycles. The van der Waals surface area contributed by atoms with Gasteiger partial charge in [-0.2, -0.15) is 0 Å². The van der Waals surface area contributed by atoms with Gasteiger partial charge in [-0.05, 0) is 66.6 Å². The van der Waals surface area contributed by atoms with Crippen LogP contribution in [-0.2, 0) is 4.79 Å². The quantitative estimate of drug-likeness (QED) is 0.109. The second-order valence-electron chi connectivity index (χ2n) is 10.7. The first-order valence-corrected chi connectivity index (χ1v) is 16.2. The zero-order valence-electron chi connectivity index (χ0n) is 24.7. The highest BCUT2D eigenvalue weighted by atomic mass is 32.2. The van der Waals surface area contributed by atoms with Crippen LogP contribution in [-0.4, -0.2) is 24.1 Å². The summed E-state index contributed by atoms with van der Waals surface area (Å²) in [6, 6.07) is 25.9. The van der Waals surface area contributed by atoms with Gasteiger partial charge in [-0.3, -0.25) is 14.4 Å². The van der Waals surface area contributed by atoms with E-state index < -0.39 is 0 Å². The second kappa shape index (κ2) is 13.7. The lowest BCUT2D eigenvalue weighted by atomic mass is 9.84. The van der Waals surface area contributed by atoms with E-state index in [2.05, 4.69) is 13.8 Å². The van der Waals surface area contributed by atoms with Crippen LogP contribution in [0.25, 0.3) is 0 Å². The van der Waals surface area contributed by atoms with Crippen molar-refractivity contribution in [2.24, 2.45) is 11.8 Å². The van der Waals surface area contributed by atoms with Gasteiger partial charge < -0.3 is 9.47 Å². The van der Waals surface area contributed by atoms with Crippen molar-refractivity contribution >= 4 is 41.1 Å². The molecule has 0 atom stereocenters. The van der Waals surface area contributed by atoms with Crippen molar-refractivity contribution in [1.29, 1.82) is 0 Å². The Labute approximate surface area is 261 Å². The van der Waals surface area contributed by atoms with E-state index in [1.807, 2.05) is 60.7 Å². The lowest BCUT2D eigenvalue weighted by Gasteiger charge is -2.22. The fourth-order valence-corrected chi connectivity index (χ4v) is 6.71. The fraction of sp³-hybridized carbons (Fsp3) is 0.250. The highest BCUT2D eigenvalue weighted by molar-refractivity contribution is 7.99. The van der Waals surface area contributed by atoms with Gasteiger partial charge in [0.2, 0.25) is 0 Å². The third-order valence-electron chi connectivity index (χ3n) is 7.43. The van der Waals surface area contributed by atoms with Gasteiger partial charge in [-0.15, -0.1) is 0 Å². The normalized spacial score (nSPS) is 12.3. The minimum absolute atomic E-state index is 0.156. The summed E-state index contributed by atoms with van der Waals surface area (Å²) in [4.78, 5) is 43.0. The van der Waals surface area contributed by atoms with E-state index in [-0.39, 0.29) is 23.5 Å². The summed E-state index contributed by atoms with van der Waals surface area (Å²) in [5.41, 5.74) is 1.68. The number of carbonyl (C=O) groups excluding carboxylic acids is 3. The molecular weight excluding hydrogens is 577 g/mol. The Morgan fingerprint density at radius 3 is 1.58 bits per heavy atom. The van der Waals surface area contributed by atoms with Crippen LogP contribution in [0.2, 0.25) is 0 Å². The summed E-state index contributed by atoms with van der Waals surface area (Å²) in [6.45, 7) is 8.62. The molecule has 4 aromatic carbocycles. The largest absolute Gasteiger partial charge is 0.493 e. The molecule has 0 aromatic heterocycles. The molecule has 0 heterocycles. The maximum Gasteiger partial charge on any atom is 0.313 e. The Kier molecular flexibility index (Phi) is 9.73. The standard InChI is InChI=1S/C36H34O5S2/c1-5-23(6-2)21-40-24-13-17-26(18-14-24)42-30-11-7-9-28-32(30)34(37)29-10-8-12-31(33(29)35(28)38)43-27-19-15-25(16-20-27)41-36(39)22(3)4/h7-20,22-23H,5-6,21H2,1-4H3. The average molecular weight is 611 g/mol. The molecule has 0 radical (unpaired) electrons. The van der Waals surface area contributed by atoms with E-state index in [1.165, 1.54) is 23.5 Å². The molecule has 0 spiro atoms. The van der Waals surface area contributed by atoms with Gasteiger partial charge in [0.1, 0.15) is 11.5 Å². The third kappa shape index (κ3) is 6.89. The number of ether oxygens (including phenoxy) is 2. The predicted octanol–water partition coefficient (Wildman–Crippen LogP) is 9.14. The topological polar surface area (TPSA) is 69.7 Å².